The summed E-state index contributed by atoms with van der Waals surface area (Å²) in [6.07, 6.45) is 5.35. The third-order valence-electron chi connectivity index (χ3n) is 6.21. The van der Waals surface area contributed by atoms with Gasteiger partial charge < -0.3 is 4.57 Å². The molecule has 3 heterocycles. The van der Waals surface area contributed by atoms with Gasteiger partial charge in [-0.25, -0.2) is 9.97 Å². The van der Waals surface area contributed by atoms with Crippen LogP contribution in [-0.4, -0.2) is 31.1 Å². The zero-order chi connectivity index (χ0) is 23.2. The monoisotopic (exact) mass is 453 g/mol. The summed E-state index contributed by atoms with van der Waals surface area (Å²) >= 11 is 1.72. The lowest BCUT2D eigenvalue weighted by Crippen LogP contribution is -2.01. The van der Waals surface area contributed by atoms with Gasteiger partial charge in [-0.3, -0.25) is 9.78 Å². The van der Waals surface area contributed by atoms with Crippen molar-refractivity contribution in [3.63, 3.8) is 0 Å². The van der Waals surface area contributed by atoms with Gasteiger partial charge in [0.25, 0.3) is 0 Å². The summed E-state index contributed by atoms with van der Waals surface area (Å²) in [4.78, 5) is 26.8. The molecule has 3 aromatic heterocycles. The molecule has 164 valence electrons. The lowest BCUT2D eigenvalue weighted by atomic mass is 9.95. The first-order valence-electron chi connectivity index (χ1n) is 10.9. The molecule has 5 rings (SSSR count). The van der Waals surface area contributed by atoms with E-state index in [2.05, 4.69) is 48.3 Å². The van der Waals surface area contributed by atoms with Crippen LogP contribution in [-0.2, 0) is 12.5 Å². The zero-order valence-electron chi connectivity index (χ0n) is 18.8. The quantitative estimate of drug-likeness (QED) is 0.280. The van der Waals surface area contributed by atoms with Gasteiger partial charge in [-0.2, -0.15) is 5.26 Å². The number of Topliss-reactive ketones (excluding diaryl/α,β-unsaturated/α-hetero) is 1. The van der Waals surface area contributed by atoms with Crippen LogP contribution in [0, 0.1) is 11.3 Å². The van der Waals surface area contributed by atoms with Crippen molar-refractivity contribution in [2.75, 3.05) is 5.75 Å². The Hall–Kier alpha value is -3.50. The number of hydrogen-bond acceptors (Lipinski definition) is 6. The molecule has 1 aliphatic carbocycles. The van der Waals surface area contributed by atoms with Gasteiger partial charge in [0.1, 0.15) is 11.2 Å². The SMILES string of the molecule is CCSc1cc(-c2ccc(C3(C#N)CC3)cc2)cnc1-c1nc2cc(C(C)=O)cnc2n1C. The first-order valence-corrected chi connectivity index (χ1v) is 11.9. The van der Waals surface area contributed by atoms with E-state index < -0.39 is 0 Å². The van der Waals surface area contributed by atoms with Crippen molar-refractivity contribution < 1.29 is 4.79 Å². The van der Waals surface area contributed by atoms with Crippen molar-refractivity contribution in [3.8, 4) is 28.7 Å². The van der Waals surface area contributed by atoms with Crippen LogP contribution < -0.4 is 0 Å². The van der Waals surface area contributed by atoms with Crippen LogP contribution in [0.5, 0.6) is 0 Å². The number of nitriles is 1. The number of aromatic nitrogens is 4. The van der Waals surface area contributed by atoms with Crippen LogP contribution in [0.4, 0.5) is 0 Å². The van der Waals surface area contributed by atoms with E-state index >= 15 is 0 Å². The summed E-state index contributed by atoms with van der Waals surface area (Å²) in [5, 5.41) is 9.46. The van der Waals surface area contributed by atoms with Crippen molar-refractivity contribution in [3.05, 3.63) is 59.9 Å². The van der Waals surface area contributed by atoms with Crippen molar-refractivity contribution in [1.29, 1.82) is 5.26 Å². The standard InChI is InChI=1S/C26H23N5OS/c1-4-33-22-12-19(17-5-7-20(8-6-17)26(15-27)9-10-26)14-28-23(22)25-30-21-11-18(16(2)32)13-29-24(21)31(25)3/h5-8,11-14H,4,9-10H2,1-3H3. The third-order valence-corrected chi connectivity index (χ3v) is 7.13. The molecule has 0 N–H and O–H groups in total. The highest BCUT2D eigenvalue weighted by Gasteiger charge is 2.44. The number of imidazole rings is 1. The first kappa shape index (κ1) is 21.4. The second kappa shape index (κ2) is 8.13. The molecule has 0 atom stereocenters. The smallest absolute Gasteiger partial charge is 0.161 e. The van der Waals surface area contributed by atoms with E-state index in [0.29, 0.717) is 11.1 Å². The molecule has 1 fully saturated rings. The number of carbonyl (C=O) groups is 1. The van der Waals surface area contributed by atoms with Gasteiger partial charge in [0, 0.05) is 35.5 Å². The van der Waals surface area contributed by atoms with Crippen molar-refractivity contribution in [2.45, 2.75) is 37.0 Å². The summed E-state index contributed by atoms with van der Waals surface area (Å²) < 4.78 is 1.92. The van der Waals surface area contributed by atoms with Gasteiger partial charge in [-0.15, -0.1) is 11.8 Å². The second-order valence-electron chi connectivity index (χ2n) is 8.39. The van der Waals surface area contributed by atoms with Crippen LogP contribution in [0.25, 0.3) is 33.8 Å². The number of rotatable bonds is 6. The molecule has 0 bridgehead atoms. The topological polar surface area (TPSA) is 84.5 Å². The molecule has 1 aliphatic rings. The van der Waals surface area contributed by atoms with Crippen LogP contribution in [0.2, 0.25) is 0 Å². The molecule has 7 heteroatoms. The van der Waals surface area contributed by atoms with E-state index in [-0.39, 0.29) is 11.2 Å². The molecule has 0 spiro atoms. The number of benzene rings is 1. The van der Waals surface area contributed by atoms with Gasteiger partial charge in [-0.1, -0.05) is 31.2 Å². The molecule has 33 heavy (non-hydrogen) atoms. The molecule has 1 saturated carbocycles. The number of aryl methyl sites for hydroxylation is 1. The van der Waals surface area contributed by atoms with Crippen LogP contribution in [0.15, 0.2) is 53.7 Å². The molecule has 0 amide bonds. The fourth-order valence-corrected chi connectivity index (χ4v) is 4.89. The second-order valence-corrected chi connectivity index (χ2v) is 9.70. The molecule has 0 saturated heterocycles. The highest BCUT2D eigenvalue weighted by atomic mass is 32.2. The largest absolute Gasteiger partial charge is 0.310 e. The molecule has 0 radical (unpaired) electrons. The Bertz CT molecular complexity index is 1430. The fraction of sp³-hybridized carbons (Fsp3) is 0.269. The average molecular weight is 454 g/mol. The lowest BCUT2D eigenvalue weighted by Gasteiger charge is -2.11. The maximum atomic E-state index is 11.8. The summed E-state index contributed by atoms with van der Waals surface area (Å²) in [7, 11) is 1.92. The first-order chi connectivity index (χ1) is 16.0. The Morgan fingerprint density at radius 1 is 1.15 bits per heavy atom. The Labute approximate surface area is 196 Å². The number of thioether (sulfide) groups is 1. The predicted octanol–water partition coefficient (Wildman–Crippen LogP) is 5.57. The van der Waals surface area contributed by atoms with E-state index in [1.165, 1.54) is 6.92 Å². The van der Waals surface area contributed by atoms with E-state index in [1.807, 2.05) is 17.8 Å². The lowest BCUT2D eigenvalue weighted by molar-refractivity contribution is 0.101. The summed E-state index contributed by atoms with van der Waals surface area (Å²) in [5.74, 6) is 1.59. The van der Waals surface area contributed by atoms with Gasteiger partial charge in [-0.05, 0) is 48.8 Å². The van der Waals surface area contributed by atoms with Crippen molar-refractivity contribution in [2.24, 2.45) is 7.05 Å². The molecular formula is C26H23N5OS. The minimum atomic E-state index is -0.277. The van der Waals surface area contributed by atoms with Crippen molar-refractivity contribution in [1.82, 2.24) is 19.5 Å². The number of nitrogens with zero attached hydrogens (tertiary/aromatic N) is 5. The Balaban J connectivity index is 1.55. The predicted molar refractivity (Wildman–Crippen MR) is 130 cm³/mol. The number of fused-ring (bicyclic) bond motifs is 1. The Morgan fingerprint density at radius 3 is 2.55 bits per heavy atom. The molecule has 1 aromatic carbocycles. The molecule has 0 aliphatic heterocycles. The van der Waals surface area contributed by atoms with Crippen molar-refractivity contribution >= 4 is 28.7 Å². The minimum absolute atomic E-state index is 0.0327. The molecular weight excluding hydrogens is 430 g/mol. The van der Waals surface area contributed by atoms with Gasteiger partial charge in [0.2, 0.25) is 0 Å². The van der Waals surface area contributed by atoms with Gasteiger partial charge in [0.05, 0.1) is 11.5 Å². The number of ketones is 1. The highest BCUT2D eigenvalue weighted by Crippen LogP contribution is 2.47. The van der Waals surface area contributed by atoms with Crippen LogP contribution in [0.1, 0.15) is 42.6 Å². The zero-order valence-corrected chi connectivity index (χ0v) is 19.6. The number of hydrogen-bond donors (Lipinski definition) is 0. The molecule has 0 unspecified atom stereocenters. The maximum absolute atomic E-state index is 11.8. The summed E-state index contributed by atoms with van der Waals surface area (Å²) in [5.41, 5.74) is 5.66. The minimum Gasteiger partial charge on any atom is -0.310 e. The van der Waals surface area contributed by atoms with Crippen LogP contribution >= 0.6 is 11.8 Å². The third kappa shape index (κ3) is 3.70. The van der Waals surface area contributed by atoms with E-state index in [4.69, 9.17) is 9.97 Å². The van der Waals surface area contributed by atoms with Gasteiger partial charge in [0.15, 0.2) is 17.3 Å². The summed E-state index contributed by atoms with van der Waals surface area (Å²) in [6, 6.07) is 14.7. The highest BCUT2D eigenvalue weighted by molar-refractivity contribution is 7.99. The summed E-state index contributed by atoms with van der Waals surface area (Å²) in [6.45, 7) is 3.64. The Kier molecular flexibility index (Phi) is 5.26. The number of carbonyl (C=O) groups excluding carboxylic acids is 1. The fourth-order valence-electron chi connectivity index (χ4n) is 4.09. The van der Waals surface area contributed by atoms with E-state index in [9.17, 15) is 10.1 Å². The van der Waals surface area contributed by atoms with E-state index in [0.717, 1.165) is 57.3 Å². The van der Waals surface area contributed by atoms with Crippen LogP contribution in [0.3, 0.4) is 0 Å². The number of pyridine rings is 2. The molecule has 4 aromatic rings. The van der Waals surface area contributed by atoms with Gasteiger partial charge >= 0.3 is 0 Å². The van der Waals surface area contributed by atoms with E-state index in [1.54, 1.807) is 24.0 Å². The average Bonchev–Trinajstić information content (AvgIpc) is 3.57. The Morgan fingerprint density at radius 2 is 1.91 bits per heavy atom. The normalized spacial score (nSPS) is 14.2. The molecule has 6 nitrogen and oxygen atoms in total. The maximum Gasteiger partial charge on any atom is 0.161 e.